The molecule has 2 heterocycles. The Balaban J connectivity index is 1.96. The predicted octanol–water partition coefficient (Wildman–Crippen LogP) is 0.721. The molecule has 2 N–H and O–H groups in total. The van der Waals surface area contributed by atoms with Crippen molar-refractivity contribution in [1.82, 2.24) is 4.90 Å². The monoisotopic (exact) mass is 211 g/mol. The van der Waals surface area contributed by atoms with Gasteiger partial charge in [0.15, 0.2) is 0 Å². The Morgan fingerprint density at radius 1 is 1.67 bits per heavy atom. The van der Waals surface area contributed by atoms with Gasteiger partial charge in [0.05, 0.1) is 12.6 Å². The van der Waals surface area contributed by atoms with E-state index in [-0.39, 0.29) is 11.9 Å². The second-order valence-electron chi connectivity index (χ2n) is 3.78. The summed E-state index contributed by atoms with van der Waals surface area (Å²) in [6.45, 7) is 2.35. The topological polar surface area (TPSA) is 85.5 Å². The van der Waals surface area contributed by atoms with Crippen molar-refractivity contribution in [2.45, 2.75) is 19.0 Å². The van der Waals surface area contributed by atoms with Crippen LogP contribution in [0.2, 0.25) is 0 Å². The van der Waals surface area contributed by atoms with E-state index in [0.717, 1.165) is 19.5 Å². The second-order valence-corrected chi connectivity index (χ2v) is 3.78. The first-order chi connectivity index (χ1) is 7.15. The van der Waals surface area contributed by atoms with Gasteiger partial charge in [0.1, 0.15) is 10.7 Å². The van der Waals surface area contributed by atoms with Crippen LogP contribution in [-0.4, -0.2) is 29.0 Å². The Morgan fingerprint density at radius 2 is 2.47 bits per heavy atom. The van der Waals surface area contributed by atoms with E-state index in [2.05, 4.69) is 4.90 Å². The number of nitrogens with two attached hydrogens (primary N) is 1. The van der Waals surface area contributed by atoms with Crippen LogP contribution in [0.3, 0.4) is 0 Å². The zero-order chi connectivity index (χ0) is 10.8. The fourth-order valence-electron chi connectivity index (χ4n) is 1.78. The largest absolute Gasteiger partial charge is 0.433 e. The lowest BCUT2D eigenvalue weighted by atomic mass is 10.3. The normalized spacial score (nSPS) is 22.1. The molecule has 0 radical (unpaired) electrons. The summed E-state index contributed by atoms with van der Waals surface area (Å²) in [6.07, 6.45) is 0.975. The van der Waals surface area contributed by atoms with Gasteiger partial charge >= 0.3 is 5.88 Å². The number of furan rings is 1. The van der Waals surface area contributed by atoms with Crippen molar-refractivity contribution in [3.8, 4) is 0 Å². The van der Waals surface area contributed by atoms with Crippen molar-refractivity contribution in [3.63, 3.8) is 0 Å². The molecule has 0 aliphatic carbocycles. The van der Waals surface area contributed by atoms with Gasteiger partial charge in [-0.3, -0.25) is 15.0 Å². The van der Waals surface area contributed by atoms with Gasteiger partial charge in [-0.05, 0) is 12.5 Å². The molecule has 1 aromatic heterocycles. The SMILES string of the molecule is NC1CCN(Cc2ccc([N+](=O)[O-])o2)C1. The van der Waals surface area contributed by atoms with Crippen LogP contribution in [0, 0.1) is 10.1 Å². The van der Waals surface area contributed by atoms with Crippen LogP contribution in [-0.2, 0) is 6.54 Å². The van der Waals surface area contributed by atoms with E-state index in [4.69, 9.17) is 10.2 Å². The Morgan fingerprint density at radius 3 is 3.00 bits per heavy atom. The van der Waals surface area contributed by atoms with Crippen LogP contribution in [0.5, 0.6) is 0 Å². The average Bonchev–Trinajstić information content (AvgIpc) is 2.76. The highest BCUT2D eigenvalue weighted by molar-refractivity contribution is 5.17. The van der Waals surface area contributed by atoms with E-state index in [1.807, 2.05) is 0 Å². The number of likely N-dealkylation sites (tertiary alicyclic amines) is 1. The van der Waals surface area contributed by atoms with Crippen LogP contribution in [0.15, 0.2) is 16.5 Å². The molecule has 0 saturated carbocycles. The minimum absolute atomic E-state index is 0.200. The zero-order valence-corrected chi connectivity index (χ0v) is 8.26. The molecule has 6 heteroatoms. The van der Waals surface area contributed by atoms with Crippen molar-refractivity contribution in [3.05, 3.63) is 28.0 Å². The summed E-state index contributed by atoms with van der Waals surface area (Å²) in [5, 5.41) is 10.4. The molecule has 82 valence electrons. The highest BCUT2D eigenvalue weighted by atomic mass is 16.6. The average molecular weight is 211 g/mol. The summed E-state index contributed by atoms with van der Waals surface area (Å²) in [5.74, 6) is 0.421. The first kappa shape index (κ1) is 10.1. The number of hydrogen-bond acceptors (Lipinski definition) is 5. The lowest BCUT2D eigenvalue weighted by molar-refractivity contribution is -0.402. The number of nitro groups is 1. The van der Waals surface area contributed by atoms with Gasteiger partial charge in [-0.2, -0.15) is 0 Å². The Bertz CT molecular complexity index is 363. The van der Waals surface area contributed by atoms with Crippen molar-refractivity contribution in [1.29, 1.82) is 0 Å². The molecule has 1 atom stereocenters. The van der Waals surface area contributed by atoms with Crippen molar-refractivity contribution in [2.75, 3.05) is 13.1 Å². The molecule has 1 unspecified atom stereocenters. The first-order valence-corrected chi connectivity index (χ1v) is 4.86. The quantitative estimate of drug-likeness (QED) is 0.588. The van der Waals surface area contributed by atoms with Crippen molar-refractivity contribution < 1.29 is 9.34 Å². The van der Waals surface area contributed by atoms with Gasteiger partial charge in [-0.15, -0.1) is 0 Å². The molecule has 1 saturated heterocycles. The van der Waals surface area contributed by atoms with E-state index >= 15 is 0 Å². The number of nitrogens with zero attached hydrogens (tertiary/aromatic N) is 2. The summed E-state index contributed by atoms with van der Waals surface area (Å²) >= 11 is 0. The Labute approximate surface area is 86.8 Å². The van der Waals surface area contributed by atoms with Crippen molar-refractivity contribution >= 4 is 5.88 Å². The zero-order valence-electron chi connectivity index (χ0n) is 8.26. The third-order valence-corrected chi connectivity index (χ3v) is 2.52. The Kier molecular flexibility index (Phi) is 2.70. The maximum absolute atomic E-state index is 10.4. The van der Waals surface area contributed by atoms with Gasteiger partial charge in [0.2, 0.25) is 0 Å². The molecule has 1 aliphatic heterocycles. The highest BCUT2D eigenvalue weighted by Gasteiger charge is 2.21. The minimum atomic E-state index is -0.529. The minimum Gasteiger partial charge on any atom is -0.404 e. The lowest BCUT2D eigenvalue weighted by Gasteiger charge is -2.12. The van der Waals surface area contributed by atoms with E-state index in [0.29, 0.717) is 12.3 Å². The van der Waals surface area contributed by atoms with Gasteiger partial charge < -0.3 is 10.2 Å². The number of rotatable bonds is 3. The molecule has 1 aromatic rings. The van der Waals surface area contributed by atoms with E-state index in [1.54, 1.807) is 6.07 Å². The maximum atomic E-state index is 10.4. The summed E-state index contributed by atoms with van der Waals surface area (Å²) < 4.78 is 5.06. The highest BCUT2D eigenvalue weighted by Crippen LogP contribution is 2.18. The van der Waals surface area contributed by atoms with E-state index in [9.17, 15) is 10.1 Å². The summed E-state index contributed by atoms with van der Waals surface area (Å²) in [6, 6.07) is 3.24. The first-order valence-electron chi connectivity index (χ1n) is 4.86. The molecule has 0 aromatic carbocycles. The fraction of sp³-hybridized carbons (Fsp3) is 0.556. The van der Waals surface area contributed by atoms with Crippen LogP contribution in [0.4, 0.5) is 5.88 Å². The molecule has 0 spiro atoms. The Hall–Kier alpha value is -1.40. The summed E-state index contributed by atoms with van der Waals surface area (Å²) in [7, 11) is 0. The standard InChI is InChI=1S/C9H13N3O3/c10-7-3-4-11(5-7)6-8-1-2-9(15-8)12(13)14/h1-2,7H,3-6,10H2. The molecule has 1 fully saturated rings. The van der Waals surface area contributed by atoms with Gasteiger partial charge in [-0.1, -0.05) is 0 Å². The predicted molar refractivity (Wildman–Crippen MR) is 53.2 cm³/mol. The van der Waals surface area contributed by atoms with E-state index < -0.39 is 4.92 Å². The molecule has 2 rings (SSSR count). The van der Waals surface area contributed by atoms with Gasteiger partial charge in [-0.25, -0.2) is 0 Å². The fourth-order valence-corrected chi connectivity index (χ4v) is 1.78. The van der Waals surface area contributed by atoms with Crippen LogP contribution < -0.4 is 5.73 Å². The molecule has 1 aliphatic rings. The molecule has 6 nitrogen and oxygen atoms in total. The van der Waals surface area contributed by atoms with Crippen LogP contribution >= 0.6 is 0 Å². The second kappa shape index (κ2) is 4.00. The van der Waals surface area contributed by atoms with Gasteiger partial charge in [0, 0.05) is 19.1 Å². The van der Waals surface area contributed by atoms with Crippen molar-refractivity contribution in [2.24, 2.45) is 5.73 Å². The smallest absolute Gasteiger partial charge is 0.404 e. The molecular formula is C9H13N3O3. The third kappa shape index (κ3) is 2.34. The summed E-state index contributed by atoms with van der Waals surface area (Å²) in [5.41, 5.74) is 5.75. The third-order valence-electron chi connectivity index (χ3n) is 2.52. The summed E-state index contributed by atoms with van der Waals surface area (Å²) in [4.78, 5) is 12.0. The lowest BCUT2D eigenvalue weighted by Crippen LogP contribution is -2.26. The molecular weight excluding hydrogens is 198 g/mol. The van der Waals surface area contributed by atoms with Gasteiger partial charge in [0.25, 0.3) is 0 Å². The van der Waals surface area contributed by atoms with E-state index in [1.165, 1.54) is 6.07 Å². The molecule has 0 amide bonds. The molecule has 0 bridgehead atoms. The van der Waals surface area contributed by atoms with Crippen LogP contribution in [0.1, 0.15) is 12.2 Å². The van der Waals surface area contributed by atoms with Crippen LogP contribution in [0.25, 0.3) is 0 Å². The molecule has 15 heavy (non-hydrogen) atoms. The number of hydrogen-bond donors (Lipinski definition) is 1. The maximum Gasteiger partial charge on any atom is 0.433 e.